The van der Waals surface area contributed by atoms with Crippen LogP contribution in [-0.4, -0.2) is 11.7 Å². The van der Waals surface area contributed by atoms with Crippen LogP contribution in [0.1, 0.15) is 16.7 Å². The van der Waals surface area contributed by atoms with Crippen molar-refractivity contribution in [3.05, 3.63) is 106 Å². The van der Waals surface area contributed by atoms with Crippen molar-refractivity contribution >= 4 is 35.1 Å². The lowest BCUT2D eigenvalue weighted by Gasteiger charge is -2.18. The maximum atomic E-state index is 13.2. The van der Waals surface area contributed by atoms with Gasteiger partial charge in [-0.15, -0.1) is 0 Å². The van der Waals surface area contributed by atoms with E-state index in [1.165, 1.54) is 0 Å². The van der Waals surface area contributed by atoms with Crippen molar-refractivity contribution in [2.24, 2.45) is 4.99 Å². The molecule has 1 aliphatic rings. The molecule has 3 nitrogen and oxygen atoms in total. The number of halogens is 1. The fourth-order valence-electron chi connectivity index (χ4n) is 2.95. The summed E-state index contributed by atoms with van der Waals surface area (Å²) in [5.41, 5.74) is 4.11. The highest BCUT2D eigenvalue weighted by molar-refractivity contribution is 6.33. The van der Waals surface area contributed by atoms with Crippen molar-refractivity contribution in [1.29, 1.82) is 0 Å². The van der Waals surface area contributed by atoms with E-state index in [-0.39, 0.29) is 5.91 Å². The van der Waals surface area contributed by atoms with Gasteiger partial charge in [0.1, 0.15) is 11.5 Å². The zero-order valence-corrected chi connectivity index (χ0v) is 15.5. The molecule has 0 saturated heterocycles. The third-order valence-electron chi connectivity index (χ3n) is 4.36. The number of anilines is 1. The molecule has 0 spiro atoms. The molecular formula is C23H17ClN2O. The molecule has 132 valence electrons. The zero-order chi connectivity index (χ0) is 18.8. The minimum absolute atomic E-state index is 0.146. The maximum Gasteiger partial charge on any atom is 0.282 e. The molecule has 1 heterocycles. The number of nitrogens with zero attached hydrogens (tertiary/aromatic N) is 2. The van der Waals surface area contributed by atoms with Gasteiger partial charge >= 0.3 is 0 Å². The van der Waals surface area contributed by atoms with E-state index in [1.807, 2.05) is 73.7 Å². The number of carbonyl (C=O) groups excluding carboxylic acids is 1. The smallest absolute Gasteiger partial charge is 0.266 e. The highest BCUT2D eigenvalue weighted by Crippen LogP contribution is 2.28. The number of hydrogen-bond donors (Lipinski definition) is 0. The molecule has 0 fully saturated rings. The zero-order valence-electron chi connectivity index (χ0n) is 14.8. The highest BCUT2D eigenvalue weighted by Gasteiger charge is 2.32. The van der Waals surface area contributed by atoms with Gasteiger partial charge in [-0.3, -0.25) is 9.69 Å². The predicted octanol–water partition coefficient (Wildman–Crippen LogP) is 5.48. The molecule has 3 aromatic carbocycles. The van der Waals surface area contributed by atoms with Gasteiger partial charge in [0.2, 0.25) is 0 Å². The Morgan fingerprint density at radius 2 is 1.56 bits per heavy atom. The van der Waals surface area contributed by atoms with Gasteiger partial charge in [0.15, 0.2) is 0 Å². The van der Waals surface area contributed by atoms with Gasteiger partial charge in [-0.2, -0.15) is 0 Å². The van der Waals surface area contributed by atoms with Gasteiger partial charge in [0.05, 0.1) is 5.69 Å². The van der Waals surface area contributed by atoms with Crippen LogP contribution in [0, 0.1) is 6.92 Å². The van der Waals surface area contributed by atoms with Crippen LogP contribution in [0.15, 0.2) is 89.6 Å². The van der Waals surface area contributed by atoms with Crippen LogP contribution in [0.4, 0.5) is 5.69 Å². The van der Waals surface area contributed by atoms with Gasteiger partial charge in [-0.05, 0) is 42.8 Å². The summed E-state index contributed by atoms with van der Waals surface area (Å²) < 4.78 is 0. The average Bonchev–Trinajstić information content (AvgIpc) is 3.01. The molecule has 0 radical (unpaired) electrons. The molecular weight excluding hydrogens is 356 g/mol. The van der Waals surface area contributed by atoms with Gasteiger partial charge in [-0.1, -0.05) is 71.8 Å². The first-order valence-electron chi connectivity index (χ1n) is 8.64. The summed E-state index contributed by atoms with van der Waals surface area (Å²) in [6.45, 7) is 2.02. The van der Waals surface area contributed by atoms with Crippen LogP contribution < -0.4 is 4.90 Å². The quantitative estimate of drug-likeness (QED) is 0.560. The van der Waals surface area contributed by atoms with Gasteiger partial charge in [0.25, 0.3) is 5.91 Å². The number of aliphatic imine (C=N–C) groups is 1. The minimum Gasteiger partial charge on any atom is -0.266 e. The molecule has 0 aromatic heterocycles. The van der Waals surface area contributed by atoms with Gasteiger partial charge in [0, 0.05) is 10.6 Å². The molecule has 3 aromatic rings. The average molecular weight is 373 g/mol. The topological polar surface area (TPSA) is 32.7 Å². The van der Waals surface area contributed by atoms with E-state index in [0.717, 1.165) is 22.4 Å². The van der Waals surface area contributed by atoms with Crippen LogP contribution in [-0.2, 0) is 4.79 Å². The van der Waals surface area contributed by atoms with E-state index in [9.17, 15) is 4.79 Å². The third kappa shape index (κ3) is 3.55. The second kappa shape index (κ2) is 7.22. The van der Waals surface area contributed by atoms with Crippen LogP contribution in [0.3, 0.4) is 0 Å². The highest BCUT2D eigenvalue weighted by atomic mass is 35.5. The second-order valence-corrected chi connectivity index (χ2v) is 6.80. The molecule has 1 amide bonds. The van der Waals surface area contributed by atoms with Crippen molar-refractivity contribution in [3.63, 3.8) is 0 Å². The number of aryl methyl sites for hydroxylation is 1. The summed E-state index contributed by atoms with van der Waals surface area (Å²) in [5.74, 6) is 0.484. The summed E-state index contributed by atoms with van der Waals surface area (Å²) in [6.07, 6.45) is 1.79. The largest absolute Gasteiger partial charge is 0.282 e. The van der Waals surface area contributed by atoms with E-state index < -0.39 is 0 Å². The second-order valence-electron chi connectivity index (χ2n) is 6.36. The summed E-state index contributed by atoms with van der Waals surface area (Å²) in [4.78, 5) is 19.5. The molecule has 27 heavy (non-hydrogen) atoms. The van der Waals surface area contributed by atoms with Gasteiger partial charge < -0.3 is 0 Å². The molecule has 0 bridgehead atoms. The van der Waals surface area contributed by atoms with Gasteiger partial charge in [-0.25, -0.2) is 4.99 Å². The Labute approximate surface area is 163 Å². The summed E-state index contributed by atoms with van der Waals surface area (Å²) in [5, 5.41) is 0.657. The molecule has 4 rings (SSSR count). The van der Waals surface area contributed by atoms with E-state index >= 15 is 0 Å². The molecule has 0 atom stereocenters. The molecule has 0 N–H and O–H groups in total. The lowest BCUT2D eigenvalue weighted by Crippen LogP contribution is -2.32. The number of rotatable bonds is 3. The number of amides is 1. The summed E-state index contributed by atoms with van der Waals surface area (Å²) in [6, 6.07) is 24.9. The Kier molecular flexibility index (Phi) is 4.61. The Bertz CT molecular complexity index is 1040. The Balaban J connectivity index is 1.80. The lowest BCUT2D eigenvalue weighted by atomic mass is 10.1. The van der Waals surface area contributed by atoms with E-state index in [4.69, 9.17) is 11.6 Å². The number of benzene rings is 3. The number of hydrogen-bond acceptors (Lipinski definition) is 2. The minimum atomic E-state index is -0.146. The lowest BCUT2D eigenvalue weighted by molar-refractivity contribution is -0.113. The molecule has 1 aliphatic heterocycles. The first-order chi connectivity index (χ1) is 13.1. The fraction of sp³-hybridized carbons (Fsp3) is 0.0435. The predicted molar refractivity (Wildman–Crippen MR) is 111 cm³/mol. The first kappa shape index (κ1) is 17.3. The number of carbonyl (C=O) groups is 1. The Morgan fingerprint density at radius 3 is 2.22 bits per heavy atom. The van der Waals surface area contributed by atoms with Crippen LogP contribution in [0.25, 0.3) is 6.08 Å². The standard InChI is InChI=1S/C23H17ClN2O/c1-16-7-13-20(14-8-16)26-22(18-5-3-2-4-6-18)25-21(23(26)27)15-17-9-11-19(24)12-10-17/h2-15H,1H3. The van der Waals surface area contributed by atoms with Crippen molar-refractivity contribution in [2.45, 2.75) is 6.92 Å². The summed E-state index contributed by atoms with van der Waals surface area (Å²) in [7, 11) is 0. The van der Waals surface area contributed by atoms with E-state index in [1.54, 1.807) is 23.1 Å². The Morgan fingerprint density at radius 1 is 0.889 bits per heavy atom. The van der Waals surface area contributed by atoms with Crippen LogP contribution in [0.2, 0.25) is 5.02 Å². The van der Waals surface area contributed by atoms with Crippen molar-refractivity contribution in [1.82, 2.24) is 0 Å². The molecule has 0 unspecified atom stereocenters. The van der Waals surface area contributed by atoms with E-state index in [0.29, 0.717) is 16.6 Å². The SMILES string of the molecule is Cc1ccc(N2C(=O)C(=Cc3ccc(Cl)cc3)N=C2c2ccccc2)cc1. The van der Waals surface area contributed by atoms with Crippen molar-refractivity contribution in [3.8, 4) is 0 Å². The van der Waals surface area contributed by atoms with Crippen molar-refractivity contribution in [2.75, 3.05) is 4.90 Å². The Hall–Kier alpha value is -3.17. The normalized spacial score (nSPS) is 15.3. The molecule has 4 heteroatoms. The third-order valence-corrected chi connectivity index (χ3v) is 4.61. The van der Waals surface area contributed by atoms with Crippen LogP contribution in [0.5, 0.6) is 0 Å². The fourth-order valence-corrected chi connectivity index (χ4v) is 3.07. The van der Waals surface area contributed by atoms with Crippen LogP contribution >= 0.6 is 11.6 Å². The van der Waals surface area contributed by atoms with Crippen molar-refractivity contribution < 1.29 is 4.79 Å². The molecule has 0 aliphatic carbocycles. The maximum absolute atomic E-state index is 13.2. The summed E-state index contributed by atoms with van der Waals surface area (Å²) >= 11 is 5.95. The monoisotopic (exact) mass is 372 g/mol. The van der Waals surface area contributed by atoms with E-state index in [2.05, 4.69) is 4.99 Å². The first-order valence-corrected chi connectivity index (χ1v) is 9.02. The molecule has 0 saturated carbocycles. The number of amidine groups is 1.